The summed E-state index contributed by atoms with van der Waals surface area (Å²) in [6, 6.07) is 8.52. The van der Waals surface area contributed by atoms with E-state index in [1.165, 1.54) is 37.7 Å². The molecule has 3 aromatic rings. The maximum Gasteiger partial charge on any atom is 0.232 e. The first-order valence-corrected chi connectivity index (χ1v) is 11.0. The van der Waals surface area contributed by atoms with Crippen LogP contribution in [0, 0.1) is 13.8 Å². The highest BCUT2D eigenvalue weighted by atomic mass is 32.2. The maximum absolute atomic E-state index is 5.91. The standard InChI is InChI=1S/C20H26N8S/c1-13-8-10-15(11-9-13)22-19-24-17(23-18(21)25-19)12-29-20-27-26-14(2)28(20)16-6-4-3-5-7-16/h8-11,16H,3-7,12H2,1-2H3,(H3,21,22,23,24,25). The molecule has 0 bridgehead atoms. The molecule has 1 fully saturated rings. The third kappa shape index (κ3) is 4.84. The zero-order valence-corrected chi connectivity index (χ0v) is 17.6. The van der Waals surface area contributed by atoms with E-state index in [2.05, 4.69) is 35.0 Å². The molecule has 29 heavy (non-hydrogen) atoms. The molecule has 0 radical (unpaired) electrons. The van der Waals surface area contributed by atoms with Crippen LogP contribution in [0.5, 0.6) is 0 Å². The Kier molecular flexibility index (Phi) is 5.94. The number of hydrogen-bond donors (Lipinski definition) is 2. The summed E-state index contributed by atoms with van der Waals surface area (Å²) in [7, 11) is 0. The molecule has 0 saturated heterocycles. The number of thioether (sulfide) groups is 1. The maximum atomic E-state index is 5.91. The van der Waals surface area contributed by atoms with Crippen LogP contribution in [0.4, 0.5) is 17.6 Å². The molecule has 1 aliphatic rings. The fourth-order valence-corrected chi connectivity index (χ4v) is 4.57. The number of anilines is 3. The Labute approximate surface area is 174 Å². The first-order valence-electron chi connectivity index (χ1n) is 9.97. The van der Waals surface area contributed by atoms with E-state index in [1.807, 2.05) is 38.1 Å². The third-order valence-corrected chi connectivity index (χ3v) is 6.05. The molecule has 1 aliphatic carbocycles. The molecule has 1 saturated carbocycles. The molecule has 0 amide bonds. The summed E-state index contributed by atoms with van der Waals surface area (Å²) in [5, 5.41) is 12.8. The van der Waals surface area contributed by atoms with Gasteiger partial charge < -0.3 is 15.6 Å². The van der Waals surface area contributed by atoms with Crippen molar-refractivity contribution in [2.75, 3.05) is 11.1 Å². The van der Waals surface area contributed by atoms with Crippen LogP contribution in [-0.4, -0.2) is 29.7 Å². The van der Waals surface area contributed by atoms with Gasteiger partial charge >= 0.3 is 0 Å². The second-order valence-electron chi connectivity index (χ2n) is 7.40. The average molecular weight is 411 g/mol. The third-order valence-electron chi connectivity index (χ3n) is 5.11. The summed E-state index contributed by atoms with van der Waals surface area (Å²) < 4.78 is 2.28. The molecule has 3 N–H and O–H groups in total. The van der Waals surface area contributed by atoms with Crippen LogP contribution in [0.15, 0.2) is 29.4 Å². The van der Waals surface area contributed by atoms with Gasteiger partial charge in [0.1, 0.15) is 11.6 Å². The van der Waals surface area contributed by atoms with Crippen LogP contribution in [0.2, 0.25) is 0 Å². The molecule has 0 atom stereocenters. The van der Waals surface area contributed by atoms with Crippen molar-refractivity contribution in [2.24, 2.45) is 0 Å². The topological polar surface area (TPSA) is 107 Å². The van der Waals surface area contributed by atoms with E-state index >= 15 is 0 Å². The summed E-state index contributed by atoms with van der Waals surface area (Å²) >= 11 is 1.59. The predicted octanol–water partition coefficient (Wildman–Crippen LogP) is 4.20. The van der Waals surface area contributed by atoms with Gasteiger partial charge in [-0.05, 0) is 38.8 Å². The van der Waals surface area contributed by atoms with Gasteiger partial charge in [-0.25, -0.2) is 0 Å². The molecular weight excluding hydrogens is 384 g/mol. The van der Waals surface area contributed by atoms with E-state index in [0.29, 0.717) is 23.6 Å². The van der Waals surface area contributed by atoms with E-state index < -0.39 is 0 Å². The number of aromatic nitrogens is 6. The van der Waals surface area contributed by atoms with E-state index in [9.17, 15) is 0 Å². The smallest absolute Gasteiger partial charge is 0.232 e. The molecule has 152 valence electrons. The Morgan fingerprint density at radius 2 is 1.79 bits per heavy atom. The molecule has 0 spiro atoms. The summed E-state index contributed by atoms with van der Waals surface area (Å²) in [6.45, 7) is 4.07. The zero-order valence-electron chi connectivity index (χ0n) is 16.8. The lowest BCUT2D eigenvalue weighted by atomic mass is 9.95. The predicted molar refractivity (Wildman–Crippen MR) is 115 cm³/mol. The number of nitrogen functional groups attached to an aromatic ring is 1. The highest BCUT2D eigenvalue weighted by Gasteiger charge is 2.21. The van der Waals surface area contributed by atoms with E-state index in [4.69, 9.17) is 5.73 Å². The number of nitrogens with one attached hydrogen (secondary N) is 1. The Hall–Kier alpha value is -2.68. The van der Waals surface area contributed by atoms with E-state index in [-0.39, 0.29) is 5.95 Å². The minimum atomic E-state index is 0.204. The quantitative estimate of drug-likeness (QED) is 0.582. The van der Waals surface area contributed by atoms with Crippen LogP contribution in [0.25, 0.3) is 0 Å². The molecule has 1 aromatic carbocycles. The molecule has 0 unspecified atom stereocenters. The average Bonchev–Trinajstić information content (AvgIpc) is 3.09. The summed E-state index contributed by atoms with van der Waals surface area (Å²) in [6.07, 6.45) is 6.24. The summed E-state index contributed by atoms with van der Waals surface area (Å²) in [5.74, 6) is 2.79. The van der Waals surface area contributed by atoms with Gasteiger partial charge in [0.2, 0.25) is 11.9 Å². The van der Waals surface area contributed by atoms with Gasteiger partial charge in [-0.15, -0.1) is 10.2 Å². The highest BCUT2D eigenvalue weighted by Crippen LogP contribution is 2.33. The first kappa shape index (κ1) is 19.6. The summed E-state index contributed by atoms with van der Waals surface area (Å²) in [4.78, 5) is 13.0. The summed E-state index contributed by atoms with van der Waals surface area (Å²) in [5.41, 5.74) is 8.02. The van der Waals surface area contributed by atoms with Crippen LogP contribution in [0.1, 0.15) is 55.4 Å². The fraction of sp³-hybridized carbons (Fsp3) is 0.450. The molecule has 0 aliphatic heterocycles. The van der Waals surface area contributed by atoms with Gasteiger partial charge in [0.25, 0.3) is 0 Å². The van der Waals surface area contributed by atoms with Crippen LogP contribution >= 0.6 is 11.8 Å². The van der Waals surface area contributed by atoms with Crippen molar-refractivity contribution in [3.8, 4) is 0 Å². The number of hydrogen-bond acceptors (Lipinski definition) is 8. The first-order chi connectivity index (χ1) is 14.1. The molecule has 9 heteroatoms. The fourth-order valence-electron chi connectivity index (χ4n) is 3.66. The van der Waals surface area contributed by atoms with Gasteiger partial charge in [-0.2, -0.15) is 15.0 Å². The Morgan fingerprint density at radius 3 is 2.55 bits per heavy atom. The molecule has 4 rings (SSSR count). The van der Waals surface area contributed by atoms with Crippen LogP contribution in [0.3, 0.4) is 0 Å². The molecule has 2 aromatic heterocycles. The van der Waals surface area contributed by atoms with Crippen molar-refractivity contribution in [2.45, 2.75) is 62.9 Å². The minimum absolute atomic E-state index is 0.204. The van der Waals surface area contributed by atoms with Crippen molar-refractivity contribution in [1.29, 1.82) is 0 Å². The van der Waals surface area contributed by atoms with Gasteiger partial charge in [0, 0.05) is 11.7 Å². The normalized spacial score (nSPS) is 14.8. The van der Waals surface area contributed by atoms with E-state index in [1.54, 1.807) is 11.8 Å². The Morgan fingerprint density at radius 1 is 1.03 bits per heavy atom. The Bertz CT molecular complexity index is 963. The van der Waals surface area contributed by atoms with Gasteiger partial charge in [-0.1, -0.05) is 48.7 Å². The van der Waals surface area contributed by atoms with Crippen LogP contribution < -0.4 is 11.1 Å². The van der Waals surface area contributed by atoms with Crippen molar-refractivity contribution in [1.82, 2.24) is 29.7 Å². The lowest BCUT2D eigenvalue weighted by molar-refractivity contribution is 0.332. The van der Waals surface area contributed by atoms with Gasteiger partial charge in [0.15, 0.2) is 5.16 Å². The van der Waals surface area contributed by atoms with Crippen molar-refractivity contribution in [3.63, 3.8) is 0 Å². The number of nitrogens with zero attached hydrogens (tertiary/aromatic N) is 6. The van der Waals surface area contributed by atoms with Gasteiger partial charge in [-0.3, -0.25) is 0 Å². The highest BCUT2D eigenvalue weighted by molar-refractivity contribution is 7.98. The molecular formula is C20H26N8S. The largest absolute Gasteiger partial charge is 0.368 e. The number of nitrogens with two attached hydrogens (primary N) is 1. The Balaban J connectivity index is 1.47. The number of rotatable bonds is 6. The second kappa shape index (κ2) is 8.77. The zero-order chi connectivity index (χ0) is 20.2. The number of aryl methyl sites for hydroxylation is 2. The lowest BCUT2D eigenvalue weighted by Gasteiger charge is -2.24. The monoisotopic (exact) mass is 410 g/mol. The SMILES string of the molecule is Cc1ccc(Nc2nc(N)nc(CSc3nnc(C)n3C3CCCCC3)n2)cc1. The number of benzene rings is 1. The van der Waals surface area contributed by atoms with Crippen molar-refractivity contribution in [3.05, 3.63) is 41.5 Å². The van der Waals surface area contributed by atoms with E-state index in [0.717, 1.165) is 16.7 Å². The van der Waals surface area contributed by atoms with Gasteiger partial charge in [0.05, 0.1) is 5.75 Å². The van der Waals surface area contributed by atoms with Crippen LogP contribution in [-0.2, 0) is 5.75 Å². The molecule has 8 nitrogen and oxygen atoms in total. The minimum Gasteiger partial charge on any atom is -0.368 e. The second-order valence-corrected chi connectivity index (χ2v) is 8.35. The molecule has 2 heterocycles. The van der Waals surface area contributed by atoms with Crippen molar-refractivity contribution >= 4 is 29.3 Å². The van der Waals surface area contributed by atoms with Crippen molar-refractivity contribution < 1.29 is 0 Å². The lowest BCUT2D eigenvalue weighted by Crippen LogP contribution is -2.15.